The van der Waals surface area contributed by atoms with Gasteiger partial charge in [-0.05, 0) is 25.2 Å². The lowest BCUT2D eigenvalue weighted by atomic mass is 10.1. The smallest absolute Gasteiger partial charge is 0.344 e. The molecule has 0 unspecified atom stereocenters. The van der Waals surface area contributed by atoms with Crippen LogP contribution in [0.5, 0.6) is 5.75 Å². The molecule has 0 aliphatic heterocycles. The van der Waals surface area contributed by atoms with Crippen molar-refractivity contribution in [3.63, 3.8) is 0 Å². The van der Waals surface area contributed by atoms with Crippen molar-refractivity contribution in [1.82, 2.24) is 0 Å². The minimum absolute atomic E-state index is 0.0525. The van der Waals surface area contributed by atoms with Crippen LogP contribution in [-0.4, -0.2) is 10.4 Å². The average Bonchev–Trinajstić information content (AvgIpc) is 3.27. The van der Waals surface area contributed by atoms with Gasteiger partial charge in [-0.1, -0.05) is 56.0 Å². The molecule has 2 fully saturated rings. The van der Waals surface area contributed by atoms with Crippen LogP contribution in [0.2, 0.25) is 0 Å². The molecule has 2 aliphatic rings. The van der Waals surface area contributed by atoms with Crippen molar-refractivity contribution in [1.29, 1.82) is 0 Å². The predicted octanol–water partition coefficient (Wildman–Crippen LogP) is 5.53. The van der Waals surface area contributed by atoms with E-state index in [1.165, 1.54) is 38.5 Å². The molecule has 4 rings (SSSR count). The SMILES string of the molecule is O=c1oc(-c2ccccc2)cc(O)c1[C@H](CC1CC1)SC1CCCC1. The Kier molecular flexibility index (Phi) is 4.89. The monoisotopic (exact) mass is 356 g/mol. The van der Waals surface area contributed by atoms with E-state index in [1.54, 1.807) is 6.07 Å². The molecule has 1 aromatic carbocycles. The van der Waals surface area contributed by atoms with E-state index in [4.69, 9.17) is 4.42 Å². The minimum atomic E-state index is -0.380. The van der Waals surface area contributed by atoms with Gasteiger partial charge in [-0.25, -0.2) is 4.79 Å². The first kappa shape index (κ1) is 16.8. The Bertz CT molecular complexity index is 773. The van der Waals surface area contributed by atoms with Crippen molar-refractivity contribution in [3.05, 3.63) is 52.4 Å². The maximum atomic E-state index is 12.7. The molecule has 1 aromatic heterocycles. The van der Waals surface area contributed by atoms with Crippen LogP contribution in [0.4, 0.5) is 0 Å². The second-order valence-electron chi connectivity index (χ2n) is 7.27. The number of benzene rings is 1. The molecule has 1 atom stereocenters. The van der Waals surface area contributed by atoms with Crippen LogP contribution in [0.1, 0.15) is 55.8 Å². The first-order chi connectivity index (χ1) is 12.2. The molecule has 2 aliphatic carbocycles. The lowest BCUT2D eigenvalue weighted by Gasteiger charge is -2.20. The van der Waals surface area contributed by atoms with Gasteiger partial charge in [0.1, 0.15) is 11.5 Å². The minimum Gasteiger partial charge on any atom is -0.507 e. The van der Waals surface area contributed by atoms with E-state index in [0.29, 0.717) is 22.5 Å². The molecule has 1 heterocycles. The molecule has 0 saturated heterocycles. The molecule has 2 aromatic rings. The molecule has 25 heavy (non-hydrogen) atoms. The molecule has 0 spiro atoms. The van der Waals surface area contributed by atoms with Gasteiger partial charge >= 0.3 is 5.63 Å². The quantitative estimate of drug-likeness (QED) is 0.739. The molecule has 1 N–H and O–H groups in total. The number of hydrogen-bond donors (Lipinski definition) is 1. The van der Waals surface area contributed by atoms with Gasteiger partial charge in [0.05, 0.1) is 5.56 Å². The molecule has 132 valence electrons. The largest absolute Gasteiger partial charge is 0.507 e. The Balaban J connectivity index is 1.65. The summed E-state index contributed by atoms with van der Waals surface area (Å²) in [6, 6.07) is 11.1. The Morgan fingerprint density at radius 3 is 2.48 bits per heavy atom. The van der Waals surface area contributed by atoms with Gasteiger partial charge in [-0.2, -0.15) is 0 Å². The highest BCUT2D eigenvalue weighted by Crippen LogP contribution is 2.48. The third-order valence-electron chi connectivity index (χ3n) is 5.25. The second kappa shape index (κ2) is 7.28. The fourth-order valence-corrected chi connectivity index (χ4v) is 5.49. The summed E-state index contributed by atoms with van der Waals surface area (Å²) >= 11 is 1.88. The first-order valence-electron chi connectivity index (χ1n) is 9.28. The van der Waals surface area contributed by atoms with Crippen molar-refractivity contribution in [2.45, 2.75) is 55.4 Å². The van der Waals surface area contributed by atoms with E-state index in [0.717, 1.165) is 12.0 Å². The summed E-state index contributed by atoms with van der Waals surface area (Å²) in [4.78, 5) is 12.7. The van der Waals surface area contributed by atoms with E-state index in [9.17, 15) is 9.90 Å². The van der Waals surface area contributed by atoms with Gasteiger partial charge < -0.3 is 9.52 Å². The Hall–Kier alpha value is -1.68. The summed E-state index contributed by atoms with van der Waals surface area (Å²) in [6.07, 6.45) is 8.47. The highest BCUT2D eigenvalue weighted by atomic mass is 32.2. The van der Waals surface area contributed by atoms with E-state index in [2.05, 4.69) is 0 Å². The second-order valence-corrected chi connectivity index (χ2v) is 8.78. The Labute approximate surface area is 152 Å². The standard InChI is InChI=1S/C21H24O3S/c22-17-13-18(15-6-2-1-3-7-15)24-21(23)20(17)19(12-14-10-11-14)25-16-8-4-5-9-16/h1-3,6-7,13-14,16,19,22H,4-5,8-12H2/t19-/m0/s1. The van der Waals surface area contributed by atoms with Crippen LogP contribution in [-0.2, 0) is 0 Å². The summed E-state index contributed by atoms with van der Waals surface area (Å²) in [7, 11) is 0. The molecule has 3 nitrogen and oxygen atoms in total. The number of thioether (sulfide) groups is 1. The molecule has 0 radical (unpaired) electrons. The average molecular weight is 356 g/mol. The van der Waals surface area contributed by atoms with Crippen molar-refractivity contribution in [2.24, 2.45) is 5.92 Å². The number of rotatable bonds is 6. The van der Waals surface area contributed by atoms with Gasteiger partial charge in [0.2, 0.25) is 0 Å². The predicted molar refractivity (Wildman–Crippen MR) is 102 cm³/mol. The summed E-state index contributed by atoms with van der Waals surface area (Å²) in [5.74, 6) is 1.22. The van der Waals surface area contributed by atoms with E-state index in [-0.39, 0.29) is 16.6 Å². The highest BCUT2D eigenvalue weighted by molar-refractivity contribution is 8.00. The molecule has 0 bridgehead atoms. The van der Waals surface area contributed by atoms with Crippen molar-refractivity contribution >= 4 is 11.8 Å². The molecular formula is C21H24O3S. The lowest BCUT2D eigenvalue weighted by Crippen LogP contribution is -2.14. The maximum Gasteiger partial charge on any atom is 0.344 e. The van der Waals surface area contributed by atoms with Gasteiger partial charge in [0.25, 0.3) is 0 Å². The van der Waals surface area contributed by atoms with Crippen molar-refractivity contribution in [3.8, 4) is 17.1 Å². The summed E-state index contributed by atoms with van der Waals surface area (Å²) in [5.41, 5.74) is 0.905. The van der Waals surface area contributed by atoms with Gasteiger partial charge in [0, 0.05) is 22.1 Å². The van der Waals surface area contributed by atoms with Crippen molar-refractivity contribution < 1.29 is 9.52 Å². The zero-order valence-electron chi connectivity index (χ0n) is 14.3. The molecule has 2 saturated carbocycles. The summed E-state index contributed by atoms with van der Waals surface area (Å²) in [5, 5.41) is 11.3. The topological polar surface area (TPSA) is 50.4 Å². The zero-order valence-corrected chi connectivity index (χ0v) is 15.1. The Morgan fingerprint density at radius 1 is 1.12 bits per heavy atom. The summed E-state index contributed by atoms with van der Waals surface area (Å²) < 4.78 is 5.59. The van der Waals surface area contributed by atoms with Crippen LogP contribution >= 0.6 is 11.8 Å². The van der Waals surface area contributed by atoms with Crippen molar-refractivity contribution in [2.75, 3.05) is 0 Å². The van der Waals surface area contributed by atoms with Gasteiger partial charge in [-0.15, -0.1) is 11.8 Å². The van der Waals surface area contributed by atoms with E-state index in [1.807, 2.05) is 42.1 Å². The maximum absolute atomic E-state index is 12.7. The van der Waals surface area contributed by atoms with Crippen LogP contribution in [0.3, 0.4) is 0 Å². The summed E-state index contributed by atoms with van der Waals surface area (Å²) in [6.45, 7) is 0. The number of hydrogen-bond acceptors (Lipinski definition) is 4. The van der Waals surface area contributed by atoms with Crippen LogP contribution in [0.25, 0.3) is 11.3 Å². The van der Waals surface area contributed by atoms with Gasteiger partial charge in [-0.3, -0.25) is 0 Å². The highest BCUT2D eigenvalue weighted by Gasteiger charge is 2.32. The fraction of sp³-hybridized carbons (Fsp3) is 0.476. The third kappa shape index (κ3) is 3.95. The normalized spacial score (nSPS) is 19.2. The van der Waals surface area contributed by atoms with E-state index >= 15 is 0 Å². The fourth-order valence-electron chi connectivity index (χ4n) is 3.69. The lowest BCUT2D eigenvalue weighted by molar-refractivity contribution is 0.437. The van der Waals surface area contributed by atoms with Crippen LogP contribution < -0.4 is 5.63 Å². The molecule has 0 amide bonds. The van der Waals surface area contributed by atoms with Crippen LogP contribution in [0, 0.1) is 5.92 Å². The zero-order chi connectivity index (χ0) is 17.2. The first-order valence-corrected chi connectivity index (χ1v) is 10.2. The van der Waals surface area contributed by atoms with E-state index < -0.39 is 0 Å². The molecule has 4 heteroatoms. The third-order valence-corrected chi connectivity index (χ3v) is 6.86. The van der Waals surface area contributed by atoms with Crippen LogP contribution in [0.15, 0.2) is 45.6 Å². The number of aromatic hydroxyl groups is 1. The molecular weight excluding hydrogens is 332 g/mol. The van der Waals surface area contributed by atoms with Gasteiger partial charge in [0.15, 0.2) is 0 Å². The Morgan fingerprint density at radius 2 is 1.84 bits per heavy atom.